The number of hydrogen-bond acceptors (Lipinski definition) is 4. The number of benzene rings is 2. The van der Waals surface area contributed by atoms with E-state index < -0.39 is 0 Å². The van der Waals surface area contributed by atoms with Crippen molar-refractivity contribution in [1.29, 1.82) is 0 Å². The zero-order valence-corrected chi connectivity index (χ0v) is 13.9. The molecule has 0 fully saturated rings. The van der Waals surface area contributed by atoms with Crippen LogP contribution in [0.25, 0.3) is 0 Å². The molecule has 2 aromatic carbocycles. The molecule has 0 bridgehead atoms. The number of carbonyl (C=O) groups is 1. The van der Waals surface area contributed by atoms with Gasteiger partial charge in [-0.3, -0.25) is 4.79 Å². The van der Waals surface area contributed by atoms with Gasteiger partial charge in [-0.25, -0.2) is 5.43 Å². The fraction of sp³-hybridized carbons (Fsp3) is 0.0667. The van der Waals surface area contributed by atoms with E-state index in [0.717, 1.165) is 0 Å². The molecule has 2 rings (SSSR count). The lowest BCUT2D eigenvalue weighted by Crippen LogP contribution is -2.17. The first-order valence-electron chi connectivity index (χ1n) is 6.16. The number of rotatable bonds is 4. The Bertz CT molecular complexity index is 735. The molecule has 0 spiro atoms. The molecule has 7 heteroatoms. The van der Waals surface area contributed by atoms with Crippen molar-refractivity contribution in [3.05, 3.63) is 57.0 Å². The molecule has 114 valence electrons. The first-order valence-corrected chi connectivity index (χ1v) is 7.34. The third-order valence-corrected chi connectivity index (χ3v) is 3.58. The second-order valence-electron chi connectivity index (χ2n) is 4.26. The summed E-state index contributed by atoms with van der Waals surface area (Å²) in [6.45, 7) is 0. The molecule has 22 heavy (non-hydrogen) atoms. The van der Waals surface area contributed by atoms with Gasteiger partial charge in [0.05, 0.1) is 17.8 Å². The van der Waals surface area contributed by atoms with Crippen LogP contribution in [0.15, 0.2) is 46.0 Å². The largest absolute Gasteiger partial charge is 0.503 e. The van der Waals surface area contributed by atoms with Gasteiger partial charge in [0, 0.05) is 10.6 Å². The van der Waals surface area contributed by atoms with Crippen molar-refractivity contribution in [1.82, 2.24) is 5.43 Å². The van der Waals surface area contributed by atoms with Crippen molar-refractivity contribution in [3.63, 3.8) is 0 Å². The van der Waals surface area contributed by atoms with Gasteiger partial charge in [-0.05, 0) is 51.8 Å². The first kappa shape index (κ1) is 16.3. The highest BCUT2D eigenvalue weighted by Crippen LogP contribution is 2.34. The molecule has 0 saturated heterocycles. The molecule has 0 aliphatic rings. The molecule has 0 atom stereocenters. The molecule has 0 unspecified atom stereocenters. The Morgan fingerprint density at radius 1 is 1.41 bits per heavy atom. The number of nitrogens with zero attached hydrogens (tertiary/aromatic N) is 1. The van der Waals surface area contributed by atoms with Gasteiger partial charge in [0.2, 0.25) is 0 Å². The monoisotopic (exact) mass is 382 g/mol. The van der Waals surface area contributed by atoms with Crippen molar-refractivity contribution >= 4 is 39.7 Å². The quantitative estimate of drug-likeness (QED) is 0.626. The fourth-order valence-corrected chi connectivity index (χ4v) is 2.33. The number of amides is 1. The van der Waals surface area contributed by atoms with Crippen LogP contribution < -0.4 is 10.2 Å². The van der Waals surface area contributed by atoms with Crippen molar-refractivity contribution in [2.24, 2.45) is 5.10 Å². The average Bonchev–Trinajstić information content (AvgIpc) is 2.50. The molecule has 2 N–H and O–H groups in total. The van der Waals surface area contributed by atoms with Gasteiger partial charge in [-0.2, -0.15) is 5.10 Å². The fourth-order valence-electron chi connectivity index (χ4n) is 1.68. The maximum absolute atomic E-state index is 11.9. The number of phenols is 1. The minimum Gasteiger partial charge on any atom is -0.503 e. The van der Waals surface area contributed by atoms with E-state index >= 15 is 0 Å². The standard InChI is InChI=1S/C15H12BrClN2O3/c1-22-13-6-9(5-12(16)14(13)20)8-18-19-15(21)10-3-2-4-11(17)7-10/h2-8,20H,1H3,(H,19,21)/b18-8+. The first-order chi connectivity index (χ1) is 10.5. The number of phenolic OH excluding ortho intramolecular Hbond substituents is 1. The van der Waals surface area contributed by atoms with Crippen molar-refractivity contribution in [2.45, 2.75) is 0 Å². The van der Waals surface area contributed by atoms with Crippen LogP contribution in [0.1, 0.15) is 15.9 Å². The zero-order chi connectivity index (χ0) is 16.1. The summed E-state index contributed by atoms with van der Waals surface area (Å²) >= 11 is 9.03. The van der Waals surface area contributed by atoms with E-state index in [1.165, 1.54) is 13.3 Å². The molecule has 1 amide bonds. The summed E-state index contributed by atoms with van der Waals surface area (Å²) in [5.74, 6) is -0.0665. The number of aromatic hydroxyl groups is 1. The van der Waals surface area contributed by atoms with Gasteiger partial charge in [0.1, 0.15) is 0 Å². The van der Waals surface area contributed by atoms with Gasteiger partial charge in [0.15, 0.2) is 11.5 Å². The minimum absolute atomic E-state index is 0.00242. The topological polar surface area (TPSA) is 70.9 Å². The molecule has 0 heterocycles. The van der Waals surface area contributed by atoms with Crippen LogP contribution >= 0.6 is 27.5 Å². The molecular formula is C15H12BrClN2O3. The summed E-state index contributed by atoms with van der Waals surface area (Å²) in [6.07, 6.45) is 1.44. The van der Waals surface area contributed by atoms with Gasteiger partial charge >= 0.3 is 0 Å². The van der Waals surface area contributed by atoms with E-state index in [0.29, 0.717) is 26.4 Å². The van der Waals surface area contributed by atoms with E-state index in [2.05, 4.69) is 26.5 Å². The van der Waals surface area contributed by atoms with Crippen molar-refractivity contribution in [3.8, 4) is 11.5 Å². The Balaban J connectivity index is 2.10. The molecule has 0 aliphatic carbocycles. The van der Waals surface area contributed by atoms with Gasteiger partial charge in [-0.1, -0.05) is 17.7 Å². The summed E-state index contributed by atoms with van der Waals surface area (Å²) in [5, 5.41) is 14.1. The Hall–Kier alpha value is -2.05. The van der Waals surface area contributed by atoms with Crippen molar-refractivity contribution in [2.75, 3.05) is 7.11 Å². The summed E-state index contributed by atoms with van der Waals surface area (Å²) in [6, 6.07) is 9.79. The van der Waals surface area contributed by atoms with E-state index in [9.17, 15) is 9.90 Å². The molecular weight excluding hydrogens is 372 g/mol. The summed E-state index contributed by atoms with van der Waals surface area (Å²) in [4.78, 5) is 11.9. The van der Waals surface area contributed by atoms with Crippen LogP contribution in [0, 0.1) is 0 Å². The maximum Gasteiger partial charge on any atom is 0.271 e. The lowest BCUT2D eigenvalue weighted by Gasteiger charge is -2.06. The second-order valence-corrected chi connectivity index (χ2v) is 5.55. The van der Waals surface area contributed by atoms with E-state index in [4.69, 9.17) is 16.3 Å². The summed E-state index contributed by atoms with van der Waals surface area (Å²) in [7, 11) is 1.45. The SMILES string of the molecule is COc1cc(/C=N/NC(=O)c2cccc(Cl)c2)cc(Br)c1O. The van der Waals surface area contributed by atoms with Crippen LogP contribution in [-0.4, -0.2) is 24.3 Å². The molecule has 0 aliphatic heterocycles. The maximum atomic E-state index is 11.9. The molecule has 0 radical (unpaired) electrons. The molecule has 0 aromatic heterocycles. The number of nitrogens with one attached hydrogen (secondary N) is 1. The molecule has 0 saturated carbocycles. The molecule has 5 nitrogen and oxygen atoms in total. The number of carbonyl (C=O) groups excluding carboxylic acids is 1. The van der Waals surface area contributed by atoms with Crippen LogP contribution in [-0.2, 0) is 0 Å². The number of methoxy groups -OCH3 is 1. The average molecular weight is 384 g/mol. The minimum atomic E-state index is -0.372. The normalized spacial score (nSPS) is 10.7. The Morgan fingerprint density at radius 3 is 2.86 bits per heavy atom. The Morgan fingerprint density at radius 2 is 2.18 bits per heavy atom. The Labute approximate surface area is 140 Å². The lowest BCUT2D eigenvalue weighted by atomic mass is 10.2. The number of hydrazone groups is 1. The third-order valence-electron chi connectivity index (χ3n) is 2.74. The van der Waals surface area contributed by atoms with E-state index in [1.54, 1.807) is 36.4 Å². The van der Waals surface area contributed by atoms with Crippen LogP contribution in [0.4, 0.5) is 0 Å². The van der Waals surface area contributed by atoms with Gasteiger partial charge < -0.3 is 9.84 Å². The second kappa shape index (κ2) is 7.29. The number of ether oxygens (including phenoxy) is 1. The summed E-state index contributed by atoms with van der Waals surface area (Å²) < 4.78 is 5.50. The van der Waals surface area contributed by atoms with Crippen LogP contribution in [0.5, 0.6) is 11.5 Å². The van der Waals surface area contributed by atoms with Gasteiger partial charge in [0.25, 0.3) is 5.91 Å². The summed E-state index contributed by atoms with van der Waals surface area (Å²) in [5.41, 5.74) is 3.46. The van der Waals surface area contributed by atoms with Crippen LogP contribution in [0.2, 0.25) is 5.02 Å². The number of hydrogen-bond donors (Lipinski definition) is 2. The zero-order valence-electron chi connectivity index (χ0n) is 11.5. The van der Waals surface area contributed by atoms with Crippen LogP contribution in [0.3, 0.4) is 0 Å². The number of halogens is 2. The Kier molecular flexibility index (Phi) is 5.41. The smallest absolute Gasteiger partial charge is 0.271 e. The van der Waals surface area contributed by atoms with E-state index in [1.807, 2.05) is 0 Å². The predicted octanol–water partition coefficient (Wildman–Crippen LogP) is 3.58. The predicted molar refractivity (Wildman–Crippen MR) is 88.9 cm³/mol. The third kappa shape index (κ3) is 3.99. The van der Waals surface area contributed by atoms with Crippen molar-refractivity contribution < 1.29 is 14.6 Å². The lowest BCUT2D eigenvalue weighted by molar-refractivity contribution is 0.0955. The highest BCUT2D eigenvalue weighted by atomic mass is 79.9. The highest BCUT2D eigenvalue weighted by molar-refractivity contribution is 9.10. The highest BCUT2D eigenvalue weighted by Gasteiger charge is 2.08. The van der Waals surface area contributed by atoms with Gasteiger partial charge in [-0.15, -0.1) is 0 Å². The van der Waals surface area contributed by atoms with E-state index in [-0.39, 0.29) is 11.7 Å². The molecule has 2 aromatic rings.